The summed E-state index contributed by atoms with van der Waals surface area (Å²) in [6, 6.07) is 7.34. The number of benzene rings is 1. The maximum Gasteiger partial charge on any atom is 0.358 e. The van der Waals surface area contributed by atoms with Gasteiger partial charge in [0.1, 0.15) is 6.33 Å². The standard InChI is InChI=1S/C11H11N3O2/c1-16-11(15)9-6-14(7-13-9)10-5-3-2-4-8(10)12/h2-7H,12H2,1H3. The number of methoxy groups -OCH3 is 1. The third-order valence-electron chi connectivity index (χ3n) is 2.19. The molecule has 1 heterocycles. The number of para-hydroxylation sites is 2. The quantitative estimate of drug-likeness (QED) is 0.607. The van der Waals surface area contributed by atoms with Gasteiger partial charge in [0.25, 0.3) is 0 Å². The monoisotopic (exact) mass is 217 g/mol. The van der Waals surface area contributed by atoms with Gasteiger partial charge in [0.2, 0.25) is 0 Å². The van der Waals surface area contributed by atoms with Crippen LogP contribution >= 0.6 is 0 Å². The fraction of sp³-hybridized carbons (Fsp3) is 0.0909. The molecule has 0 atom stereocenters. The predicted molar refractivity (Wildman–Crippen MR) is 59.3 cm³/mol. The number of nitrogens with two attached hydrogens (primary N) is 1. The number of aromatic nitrogens is 2. The third-order valence-corrected chi connectivity index (χ3v) is 2.19. The van der Waals surface area contributed by atoms with Crippen molar-refractivity contribution in [2.24, 2.45) is 0 Å². The van der Waals surface area contributed by atoms with Crippen LogP contribution in [0, 0.1) is 0 Å². The first-order valence-corrected chi connectivity index (χ1v) is 4.69. The Morgan fingerprint density at radius 1 is 1.44 bits per heavy atom. The van der Waals surface area contributed by atoms with Crippen LogP contribution in [-0.4, -0.2) is 22.6 Å². The van der Waals surface area contributed by atoms with Gasteiger partial charge in [0.15, 0.2) is 5.69 Å². The summed E-state index contributed by atoms with van der Waals surface area (Å²) in [6.45, 7) is 0. The molecule has 0 unspecified atom stereocenters. The smallest absolute Gasteiger partial charge is 0.358 e. The molecule has 16 heavy (non-hydrogen) atoms. The van der Waals surface area contributed by atoms with Crippen LogP contribution in [0.1, 0.15) is 10.5 Å². The minimum absolute atomic E-state index is 0.255. The predicted octanol–water partition coefficient (Wildman–Crippen LogP) is 1.24. The van der Waals surface area contributed by atoms with Gasteiger partial charge in [0.05, 0.1) is 18.5 Å². The summed E-state index contributed by atoms with van der Waals surface area (Å²) in [4.78, 5) is 15.2. The lowest BCUT2D eigenvalue weighted by molar-refractivity contribution is 0.0594. The van der Waals surface area contributed by atoms with Crippen molar-refractivity contribution in [1.29, 1.82) is 0 Å². The van der Waals surface area contributed by atoms with Gasteiger partial charge in [-0.3, -0.25) is 0 Å². The van der Waals surface area contributed by atoms with Crippen molar-refractivity contribution in [2.45, 2.75) is 0 Å². The highest BCUT2D eigenvalue weighted by Gasteiger charge is 2.10. The number of imidazole rings is 1. The van der Waals surface area contributed by atoms with Crippen molar-refractivity contribution < 1.29 is 9.53 Å². The van der Waals surface area contributed by atoms with E-state index < -0.39 is 5.97 Å². The first-order chi connectivity index (χ1) is 7.72. The van der Waals surface area contributed by atoms with Gasteiger partial charge < -0.3 is 15.0 Å². The number of anilines is 1. The molecule has 2 N–H and O–H groups in total. The SMILES string of the molecule is COC(=O)c1cn(-c2ccccc2N)cn1. The number of rotatable bonds is 2. The molecule has 0 amide bonds. The second-order valence-electron chi connectivity index (χ2n) is 3.22. The highest BCUT2D eigenvalue weighted by molar-refractivity contribution is 5.87. The molecule has 2 rings (SSSR count). The molecule has 0 fully saturated rings. The van der Waals surface area contributed by atoms with E-state index in [4.69, 9.17) is 5.73 Å². The molecule has 0 aliphatic rings. The molecule has 1 aromatic heterocycles. The zero-order valence-corrected chi connectivity index (χ0v) is 8.75. The summed E-state index contributed by atoms with van der Waals surface area (Å²) in [5.74, 6) is -0.465. The van der Waals surface area contributed by atoms with E-state index in [0.29, 0.717) is 5.69 Å². The summed E-state index contributed by atoms with van der Waals surface area (Å²) in [6.07, 6.45) is 3.11. The summed E-state index contributed by atoms with van der Waals surface area (Å²) in [5, 5.41) is 0. The first kappa shape index (κ1) is 10.2. The lowest BCUT2D eigenvalue weighted by Gasteiger charge is -2.04. The Morgan fingerprint density at radius 2 is 2.19 bits per heavy atom. The van der Waals surface area contributed by atoms with Gasteiger partial charge >= 0.3 is 5.97 Å². The van der Waals surface area contributed by atoms with E-state index in [9.17, 15) is 4.79 Å². The average Bonchev–Trinajstić information content (AvgIpc) is 2.78. The lowest BCUT2D eigenvalue weighted by atomic mass is 10.3. The van der Waals surface area contributed by atoms with E-state index >= 15 is 0 Å². The van der Waals surface area contributed by atoms with E-state index in [1.54, 1.807) is 16.8 Å². The number of nitrogen functional groups attached to an aromatic ring is 1. The molecule has 0 bridgehead atoms. The van der Waals surface area contributed by atoms with Gasteiger partial charge in [-0.2, -0.15) is 0 Å². The van der Waals surface area contributed by atoms with Crippen LogP contribution in [0.15, 0.2) is 36.8 Å². The molecule has 0 radical (unpaired) electrons. The van der Waals surface area contributed by atoms with Crippen LogP contribution in [0.2, 0.25) is 0 Å². The number of nitrogens with zero attached hydrogens (tertiary/aromatic N) is 2. The number of carbonyl (C=O) groups excluding carboxylic acids is 1. The summed E-state index contributed by atoms with van der Waals surface area (Å²) >= 11 is 0. The minimum Gasteiger partial charge on any atom is -0.464 e. The largest absolute Gasteiger partial charge is 0.464 e. The van der Waals surface area contributed by atoms with E-state index in [1.165, 1.54) is 13.4 Å². The Balaban J connectivity index is 2.39. The molecule has 82 valence electrons. The Bertz CT molecular complexity index is 519. The fourth-order valence-corrected chi connectivity index (χ4v) is 1.39. The molecule has 2 aromatic rings. The van der Waals surface area contributed by atoms with E-state index in [1.807, 2.05) is 18.2 Å². The van der Waals surface area contributed by atoms with Crippen LogP contribution in [0.4, 0.5) is 5.69 Å². The van der Waals surface area contributed by atoms with Gasteiger partial charge in [-0.1, -0.05) is 12.1 Å². The number of esters is 1. The van der Waals surface area contributed by atoms with Crippen molar-refractivity contribution in [3.63, 3.8) is 0 Å². The molecular formula is C11H11N3O2. The van der Waals surface area contributed by atoms with Crippen molar-refractivity contribution >= 4 is 11.7 Å². The van der Waals surface area contributed by atoms with Crippen molar-refractivity contribution in [3.05, 3.63) is 42.5 Å². The van der Waals surface area contributed by atoms with Crippen LogP contribution in [0.3, 0.4) is 0 Å². The third kappa shape index (κ3) is 1.75. The Kier molecular flexibility index (Phi) is 2.59. The van der Waals surface area contributed by atoms with Gasteiger partial charge in [-0.05, 0) is 12.1 Å². The molecule has 0 saturated carbocycles. The number of hydrogen-bond donors (Lipinski definition) is 1. The molecule has 5 heteroatoms. The summed E-state index contributed by atoms with van der Waals surface area (Å²) in [7, 11) is 1.32. The molecule has 0 aliphatic heterocycles. The Labute approximate surface area is 92.5 Å². The van der Waals surface area contributed by atoms with Crippen LogP contribution in [0.25, 0.3) is 5.69 Å². The lowest BCUT2D eigenvalue weighted by Crippen LogP contribution is -2.01. The normalized spacial score (nSPS) is 10.1. The van der Waals surface area contributed by atoms with Crippen molar-refractivity contribution in [2.75, 3.05) is 12.8 Å². The minimum atomic E-state index is -0.465. The zero-order valence-electron chi connectivity index (χ0n) is 8.75. The highest BCUT2D eigenvalue weighted by Crippen LogP contribution is 2.16. The first-order valence-electron chi connectivity index (χ1n) is 4.69. The summed E-state index contributed by atoms with van der Waals surface area (Å²) < 4.78 is 6.25. The van der Waals surface area contributed by atoms with E-state index in [-0.39, 0.29) is 5.69 Å². The van der Waals surface area contributed by atoms with E-state index in [0.717, 1.165) is 5.69 Å². The van der Waals surface area contributed by atoms with Crippen LogP contribution in [-0.2, 0) is 4.74 Å². The van der Waals surface area contributed by atoms with Crippen molar-refractivity contribution in [1.82, 2.24) is 9.55 Å². The van der Waals surface area contributed by atoms with Gasteiger partial charge in [0, 0.05) is 6.20 Å². The van der Waals surface area contributed by atoms with E-state index in [2.05, 4.69) is 9.72 Å². The van der Waals surface area contributed by atoms with Gasteiger partial charge in [-0.15, -0.1) is 0 Å². The van der Waals surface area contributed by atoms with Gasteiger partial charge in [-0.25, -0.2) is 9.78 Å². The number of hydrogen-bond acceptors (Lipinski definition) is 4. The highest BCUT2D eigenvalue weighted by atomic mass is 16.5. The number of ether oxygens (including phenoxy) is 1. The molecular weight excluding hydrogens is 206 g/mol. The second-order valence-corrected chi connectivity index (χ2v) is 3.22. The maximum absolute atomic E-state index is 11.2. The topological polar surface area (TPSA) is 70.1 Å². The molecule has 0 spiro atoms. The maximum atomic E-state index is 11.2. The Morgan fingerprint density at radius 3 is 2.88 bits per heavy atom. The number of carbonyl (C=O) groups is 1. The second kappa shape index (κ2) is 4.06. The fourth-order valence-electron chi connectivity index (χ4n) is 1.39. The average molecular weight is 217 g/mol. The Hall–Kier alpha value is -2.30. The molecule has 1 aromatic carbocycles. The summed E-state index contributed by atoms with van der Waals surface area (Å²) in [5.41, 5.74) is 7.47. The zero-order chi connectivity index (χ0) is 11.5. The molecule has 5 nitrogen and oxygen atoms in total. The van der Waals surface area contributed by atoms with Crippen molar-refractivity contribution in [3.8, 4) is 5.69 Å². The van der Waals surface area contributed by atoms with Crippen LogP contribution in [0.5, 0.6) is 0 Å². The molecule has 0 saturated heterocycles. The molecule has 0 aliphatic carbocycles. The van der Waals surface area contributed by atoms with Crippen LogP contribution < -0.4 is 5.73 Å².